The molecule has 0 heterocycles. The van der Waals surface area contributed by atoms with Crippen LogP contribution in [0.4, 0.5) is 0 Å². The number of alkyl halides is 2. The monoisotopic (exact) mass is 370 g/mol. The minimum Gasteiger partial charge on any atom is -0.463 e. The Balaban J connectivity index is 3.04. The molecule has 0 aliphatic heterocycles. The van der Waals surface area contributed by atoms with Crippen LogP contribution >= 0.6 is 31.9 Å². The Morgan fingerprint density at radius 1 is 1.25 bits per heavy atom. The Kier molecular flexibility index (Phi) is 12.1. The number of hydrogen-bond donors (Lipinski definition) is 0. The number of hydrogen-bond acceptors (Lipinski definition) is 2. The van der Waals surface area contributed by atoms with E-state index in [9.17, 15) is 4.79 Å². The first-order valence-electron chi connectivity index (χ1n) is 5.74. The molecule has 16 heavy (non-hydrogen) atoms. The normalized spacial score (nSPS) is 11.2. The fourth-order valence-electron chi connectivity index (χ4n) is 1.34. The minimum atomic E-state index is -0.313. The Labute approximate surface area is 117 Å². The molecule has 0 spiro atoms. The predicted octanol–water partition coefficient (Wildman–Crippen LogP) is 3.33. The van der Waals surface area contributed by atoms with E-state index in [0.29, 0.717) is 9.97 Å². The molecule has 0 radical (unpaired) electrons. The average molecular weight is 372 g/mol. The summed E-state index contributed by atoms with van der Waals surface area (Å²) in [5, 5.41) is 0. The molecule has 94 valence electrons. The summed E-state index contributed by atoms with van der Waals surface area (Å²) in [6.07, 6.45) is 7.22. The predicted molar refractivity (Wildman–Crippen MR) is 79.2 cm³/mol. The molecular formula is C11H20Br2O2Si. The zero-order valence-electron chi connectivity index (χ0n) is 9.59. The van der Waals surface area contributed by atoms with Gasteiger partial charge in [0.2, 0.25) is 0 Å². The molecule has 0 aromatic carbocycles. The van der Waals surface area contributed by atoms with Crippen molar-refractivity contribution < 1.29 is 9.53 Å². The Bertz CT molecular complexity index is 198. The van der Waals surface area contributed by atoms with Gasteiger partial charge in [-0.3, -0.25) is 0 Å². The van der Waals surface area contributed by atoms with Gasteiger partial charge >= 0.3 is 5.97 Å². The molecule has 0 aromatic rings. The third-order valence-electron chi connectivity index (χ3n) is 2.23. The van der Waals surface area contributed by atoms with Crippen LogP contribution in [0.1, 0.15) is 32.1 Å². The maximum atomic E-state index is 10.7. The van der Waals surface area contributed by atoms with Crippen LogP contribution < -0.4 is 0 Å². The van der Waals surface area contributed by atoms with E-state index in [1.807, 2.05) is 0 Å². The number of esters is 1. The highest BCUT2D eigenvalue weighted by atomic mass is 79.9. The van der Waals surface area contributed by atoms with Crippen molar-refractivity contribution in [1.82, 2.24) is 0 Å². The van der Waals surface area contributed by atoms with Crippen molar-refractivity contribution in [3.05, 3.63) is 12.7 Å². The van der Waals surface area contributed by atoms with E-state index in [2.05, 4.69) is 38.4 Å². The standard InChI is InChI=1S/C11H20Br2O2Si/c1-2-10(14)15-8-6-4-3-5-7-9-16-11(12)13/h2,11H,1,3-9,16H2. The molecule has 0 amide bonds. The minimum absolute atomic E-state index is 0.0412. The van der Waals surface area contributed by atoms with Gasteiger partial charge in [0.15, 0.2) is 0 Å². The second kappa shape index (κ2) is 11.9. The molecule has 0 saturated heterocycles. The van der Waals surface area contributed by atoms with Gasteiger partial charge in [0.05, 0.1) is 9.97 Å². The molecule has 2 nitrogen and oxygen atoms in total. The lowest BCUT2D eigenvalue weighted by Gasteiger charge is -2.03. The molecule has 0 bridgehead atoms. The van der Waals surface area contributed by atoms with Crippen LogP contribution in [0.15, 0.2) is 12.7 Å². The summed E-state index contributed by atoms with van der Waals surface area (Å²) in [6, 6.07) is 1.40. The van der Waals surface area contributed by atoms with E-state index in [1.165, 1.54) is 31.4 Å². The SMILES string of the molecule is C=CC(=O)OCCCCCCC[SiH2]C(Br)Br. The molecule has 0 unspecified atom stereocenters. The maximum Gasteiger partial charge on any atom is 0.330 e. The third-order valence-corrected chi connectivity index (χ3v) is 6.32. The highest BCUT2D eigenvalue weighted by molar-refractivity contribution is 9.25. The average Bonchev–Trinajstić information content (AvgIpc) is 2.26. The largest absolute Gasteiger partial charge is 0.463 e. The highest BCUT2D eigenvalue weighted by Gasteiger charge is 1.98. The molecule has 0 atom stereocenters. The number of halogens is 2. The van der Waals surface area contributed by atoms with Gasteiger partial charge in [-0.15, -0.1) is 0 Å². The van der Waals surface area contributed by atoms with Crippen LogP contribution in [0.2, 0.25) is 6.04 Å². The Morgan fingerprint density at radius 3 is 2.50 bits per heavy atom. The van der Waals surface area contributed by atoms with Crippen LogP contribution in [-0.2, 0) is 9.53 Å². The summed E-state index contributed by atoms with van der Waals surface area (Å²) >= 11 is 7.04. The molecule has 0 rings (SSSR count). The van der Waals surface area contributed by atoms with Gasteiger partial charge in [-0.1, -0.05) is 70.2 Å². The van der Waals surface area contributed by atoms with Crippen LogP contribution in [0.25, 0.3) is 0 Å². The smallest absolute Gasteiger partial charge is 0.330 e. The number of carbonyl (C=O) groups excluding carboxylic acids is 1. The molecule has 0 aliphatic carbocycles. The van der Waals surface area contributed by atoms with E-state index in [1.54, 1.807) is 0 Å². The second-order valence-electron chi connectivity index (χ2n) is 3.67. The second-order valence-corrected chi connectivity index (χ2v) is 11.6. The topological polar surface area (TPSA) is 26.3 Å². The molecule has 0 fully saturated rings. The van der Waals surface area contributed by atoms with Crippen LogP contribution in [0, 0.1) is 0 Å². The van der Waals surface area contributed by atoms with E-state index >= 15 is 0 Å². The first-order chi connectivity index (χ1) is 7.66. The molecule has 0 N–H and O–H groups in total. The van der Waals surface area contributed by atoms with Crippen molar-refractivity contribution in [2.75, 3.05) is 6.61 Å². The number of ether oxygens (including phenoxy) is 1. The first-order valence-corrected chi connectivity index (χ1v) is 9.39. The fourth-order valence-corrected chi connectivity index (χ4v) is 4.23. The van der Waals surface area contributed by atoms with Crippen LogP contribution in [-0.4, -0.2) is 25.5 Å². The van der Waals surface area contributed by atoms with Gasteiger partial charge in [0.25, 0.3) is 0 Å². The number of carbonyl (C=O) groups is 1. The first kappa shape index (κ1) is 16.4. The summed E-state index contributed by atoms with van der Waals surface area (Å²) in [4.78, 5) is 10.7. The fraction of sp³-hybridized carbons (Fsp3) is 0.727. The zero-order valence-corrected chi connectivity index (χ0v) is 14.2. The van der Waals surface area contributed by atoms with Crippen molar-refractivity contribution in [3.8, 4) is 0 Å². The summed E-state index contributed by atoms with van der Waals surface area (Å²) in [6.45, 7) is 3.88. The van der Waals surface area contributed by atoms with Gasteiger partial charge in [-0.25, -0.2) is 4.79 Å². The van der Waals surface area contributed by atoms with Crippen molar-refractivity contribution in [2.24, 2.45) is 0 Å². The van der Waals surface area contributed by atoms with Gasteiger partial charge in [-0.05, 0) is 6.42 Å². The lowest BCUT2D eigenvalue weighted by Crippen LogP contribution is -2.01. The summed E-state index contributed by atoms with van der Waals surface area (Å²) in [7, 11) is 0.0412. The summed E-state index contributed by atoms with van der Waals surface area (Å²) in [5.41, 5.74) is 0. The van der Waals surface area contributed by atoms with E-state index in [4.69, 9.17) is 4.74 Å². The van der Waals surface area contributed by atoms with E-state index in [0.717, 1.165) is 12.8 Å². The van der Waals surface area contributed by atoms with Crippen LogP contribution in [0.5, 0.6) is 0 Å². The molecule has 0 aliphatic rings. The maximum absolute atomic E-state index is 10.7. The third kappa shape index (κ3) is 12.5. The lowest BCUT2D eigenvalue weighted by molar-refractivity contribution is -0.137. The lowest BCUT2D eigenvalue weighted by atomic mass is 10.2. The van der Waals surface area contributed by atoms with Gasteiger partial charge in [0.1, 0.15) is 0 Å². The molecule has 0 saturated carbocycles. The summed E-state index contributed by atoms with van der Waals surface area (Å²) in [5.74, 6) is -0.313. The van der Waals surface area contributed by atoms with Gasteiger partial charge in [0, 0.05) is 15.6 Å². The van der Waals surface area contributed by atoms with Crippen LogP contribution in [0.3, 0.4) is 0 Å². The van der Waals surface area contributed by atoms with E-state index in [-0.39, 0.29) is 15.5 Å². The highest BCUT2D eigenvalue weighted by Crippen LogP contribution is 2.11. The van der Waals surface area contributed by atoms with E-state index < -0.39 is 0 Å². The Morgan fingerprint density at radius 2 is 1.88 bits per heavy atom. The van der Waals surface area contributed by atoms with Crippen molar-refractivity contribution in [2.45, 2.75) is 41.5 Å². The van der Waals surface area contributed by atoms with Gasteiger partial charge < -0.3 is 4.74 Å². The Hall–Kier alpha value is 0.387. The molecule has 0 aromatic heterocycles. The van der Waals surface area contributed by atoms with Crippen molar-refractivity contribution in [3.63, 3.8) is 0 Å². The number of unbranched alkanes of at least 4 members (excludes halogenated alkanes) is 4. The van der Waals surface area contributed by atoms with Gasteiger partial charge in [-0.2, -0.15) is 0 Å². The quantitative estimate of drug-likeness (QED) is 0.193. The molecule has 5 heteroatoms. The van der Waals surface area contributed by atoms with Crippen molar-refractivity contribution in [1.29, 1.82) is 0 Å². The summed E-state index contributed by atoms with van der Waals surface area (Å²) < 4.78 is 5.48. The number of rotatable bonds is 10. The molecular weight excluding hydrogens is 352 g/mol. The van der Waals surface area contributed by atoms with Crippen molar-refractivity contribution >= 4 is 47.3 Å². The zero-order chi connectivity index (χ0) is 12.2.